The van der Waals surface area contributed by atoms with Crippen LogP contribution in [0.5, 0.6) is 0 Å². The molecule has 0 aromatic heterocycles. The SMILES string of the molecule is NCCCCCC(N)C(=O)/C=C/c1ccccc1. The van der Waals surface area contributed by atoms with E-state index in [0.29, 0.717) is 6.54 Å². The summed E-state index contributed by atoms with van der Waals surface area (Å²) in [5, 5.41) is 0. The lowest BCUT2D eigenvalue weighted by atomic mass is 10.0. The lowest BCUT2D eigenvalue weighted by Crippen LogP contribution is -2.28. The van der Waals surface area contributed by atoms with Gasteiger partial charge in [0.2, 0.25) is 0 Å². The Balaban J connectivity index is 2.33. The van der Waals surface area contributed by atoms with E-state index >= 15 is 0 Å². The number of hydrogen-bond donors (Lipinski definition) is 2. The molecule has 1 aromatic rings. The smallest absolute Gasteiger partial charge is 0.172 e. The third-order valence-corrected chi connectivity index (χ3v) is 2.82. The molecule has 0 aliphatic heterocycles. The minimum Gasteiger partial charge on any atom is -0.330 e. The molecule has 1 aromatic carbocycles. The normalized spacial score (nSPS) is 12.8. The number of rotatable bonds is 8. The number of hydrogen-bond acceptors (Lipinski definition) is 3. The van der Waals surface area contributed by atoms with Gasteiger partial charge in [-0.1, -0.05) is 49.2 Å². The summed E-state index contributed by atoms with van der Waals surface area (Å²) in [4.78, 5) is 11.7. The quantitative estimate of drug-likeness (QED) is 0.545. The molecule has 0 aliphatic rings. The third kappa shape index (κ3) is 5.75. The highest BCUT2D eigenvalue weighted by atomic mass is 16.1. The van der Waals surface area contributed by atoms with E-state index in [4.69, 9.17) is 11.5 Å². The maximum absolute atomic E-state index is 11.7. The maximum Gasteiger partial charge on any atom is 0.172 e. The van der Waals surface area contributed by atoms with Gasteiger partial charge in [-0.2, -0.15) is 0 Å². The molecule has 4 N–H and O–H groups in total. The van der Waals surface area contributed by atoms with Crippen molar-refractivity contribution in [2.75, 3.05) is 6.54 Å². The van der Waals surface area contributed by atoms with Gasteiger partial charge in [0.15, 0.2) is 5.78 Å². The van der Waals surface area contributed by atoms with E-state index < -0.39 is 0 Å². The van der Waals surface area contributed by atoms with E-state index in [1.165, 1.54) is 0 Å². The molecule has 98 valence electrons. The third-order valence-electron chi connectivity index (χ3n) is 2.82. The average molecular weight is 246 g/mol. The zero-order chi connectivity index (χ0) is 13.2. The predicted molar refractivity (Wildman–Crippen MR) is 76.0 cm³/mol. The highest BCUT2D eigenvalue weighted by Crippen LogP contribution is 2.05. The van der Waals surface area contributed by atoms with Crippen molar-refractivity contribution in [3.05, 3.63) is 42.0 Å². The second-order valence-corrected chi connectivity index (χ2v) is 4.39. The summed E-state index contributed by atoms with van der Waals surface area (Å²) in [6, 6.07) is 9.35. The van der Waals surface area contributed by atoms with Gasteiger partial charge in [-0.3, -0.25) is 4.79 Å². The first kappa shape index (κ1) is 14.6. The highest BCUT2D eigenvalue weighted by Gasteiger charge is 2.09. The van der Waals surface area contributed by atoms with Crippen LogP contribution in [0.15, 0.2) is 36.4 Å². The fourth-order valence-electron chi connectivity index (χ4n) is 1.69. The van der Waals surface area contributed by atoms with Crippen molar-refractivity contribution in [1.82, 2.24) is 0 Å². The van der Waals surface area contributed by atoms with Crippen molar-refractivity contribution >= 4 is 11.9 Å². The predicted octanol–water partition coefficient (Wildman–Crippen LogP) is 2.12. The van der Waals surface area contributed by atoms with Gasteiger partial charge < -0.3 is 11.5 Å². The standard InChI is InChI=1S/C15H22N2O/c16-12-6-2-5-9-14(17)15(18)11-10-13-7-3-1-4-8-13/h1,3-4,7-8,10-11,14H,2,5-6,9,12,16-17H2/b11-10+. The lowest BCUT2D eigenvalue weighted by Gasteiger charge is -2.07. The number of unbranched alkanes of at least 4 members (excludes halogenated alkanes) is 2. The van der Waals surface area contributed by atoms with Crippen LogP contribution in [0.1, 0.15) is 31.2 Å². The summed E-state index contributed by atoms with van der Waals surface area (Å²) in [5.74, 6) is -0.00778. The van der Waals surface area contributed by atoms with E-state index in [2.05, 4.69) is 0 Å². The Morgan fingerprint density at radius 3 is 2.56 bits per heavy atom. The molecule has 1 unspecified atom stereocenters. The van der Waals surface area contributed by atoms with E-state index in [0.717, 1.165) is 31.2 Å². The van der Waals surface area contributed by atoms with Crippen molar-refractivity contribution in [3.63, 3.8) is 0 Å². The Kier molecular flexibility index (Phi) is 6.99. The van der Waals surface area contributed by atoms with Crippen molar-refractivity contribution in [3.8, 4) is 0 Å². The van der Waals surface area contributed by atoms with Crippen molar-refractivity contribution in [2.24, 2.45) is 11.5 Å². The number of ketones is 1. The largest absolute Gasteiger partial charge is 0.330 e. The minimum atomic E-state index is -0.386. The molecule has 0 aliphatic carbocycles. The van der Waals surface area contributed by atoms with Gasteiger partial charge in [0.25, 0.3) is 0 Å². The van der Waals surface area contributed by atoms with Gasteiger partial charge in [-0.05, 0) is 31.0 Å². The molecule has 1 atom stereocenters. The summed E-state index contributed by atoms with van der Waals surface area (Å²) < 4.78 is 0. The first-order valence-electron chi connectivity index (χ1n) is 6.46. The first-order valence-corrected chi connectivity index (χ1v) is 6.46. The topological polar surface area (TPSA) is 69.1 Å². The summed E-state index contributed by atoms with van der Waals surface area (Å²) in [6.45, 7) is 0.705. The van der Waals surface area contributed by atoms with Crippen LogP contribution in [0.2, 0.25) is 0 Å². The average Bonchev–Trinajstić information content (AvgIpc) is 2.42. The highest BCUT2D eigenvalue weighted by molar-refractivity contribution is 5.97. The fraction of sp³-hybridized carbons (Fsp3) is 0.400. The van der Waals surface area contributed by atoms with E-state index in [9.17, 15) is 4.79 Å². The second-order valence-electron chi connectivity index (χ2n) is 4.39. The molecule has 3 nitrogen and oxygen atoms in total. The molecule has 1 rings (SSSR count). The van der Waals surface area contributed by atoms with Crippen LogP contribution in [0.4, 0.5) is 0 Å². The summed E-state index contributed by atoms with van der Waals surface area (Å²) >= 11 is 0. The van der Waals surface area contributed by atoms with Gasteiger partial charge in [-0.25, -0.2) is 0 Å². The molecule has 0 radical (unpaired) electrons. The molecule has 18 heavy (non-hydrogen) atoms. The number of carbonyl (C=O) groups is 1. The summed E-state index contributed by atoms with van der Waals surface area (Å²) in [5.41, 5.74) is 12.3. The van der Waals surface area contributed by atoms with Gasteiger partial charge in [0.1, 0.15) is 0 Å². The second kappa shape index (κ2) is 8.61. The molecule has 0 spiro atoms. The van der Waals surface area contributed by atoms with Crippen molar-refractivity contribution < 1.29 is 4.79 Å². The Morgan fingerprint density at radius 2 is 1.89 bits per heavy atom. The Hall–Kier alpha value is -1.45. The van der Waals surface area contributed by atoms with Crippen LogP contribution in [0.25, 0.3) is 6.08 Å². The van der Waals surface area contributed by atoms with Gasteiger partial charge >= 0.3 is 0 Å². The maximum atomic E-state index is 11.7. The van der Waals surface area contributed by atoms with Crippen LogP contribution in [0, 0.1) is 0 Å². The van der Waals surface area contributed by atoms with Gasteiger partial charge in [-0.15, -0.1) is 0 Å². The lowest BCUT2D eigenvalue weighted by molar-refractivity contribution is -0.115. The number of benzene rings is 1. The van der Waals surface area contributed by atoms with Crippen LogP contribution in [-0.2, 0) is 4.79 Å². The molecule has 0 saturated heterocycles. The van der Waals surface area contributed by atoms with Crippen LogP contribution >= 0.6 is 0 Å². The molecule has 0 bridgehead atoms. The molecule has 0 saturated carbocycles. The fourth-order valence-corrected chi connectivity index (χ4v) is 1.69. The van der Waals surface area contributed by atoms with Crippen molar-refractivity contribution in [1.29, 1.82) is 0 Å². The zero-order valence-electron chi connectivity index (χ0n) is 10.7. The van der Waals surface area contributed by atoms with Crippen LogP contribution < -0.4 is 11.5 Å². The number of carbonyl (C=O) groups excluding carboxylic acids is 1. The van der Waals surface area contributed by atoms with Crippen molar-refractivity contribution in [2.45, 2.75) is 31.7 Å². The molecule has 0 amide bonds. The van der Waals surface area contributed by atoms with E-state index in [-0.39, 0.29) is 11.8 Å². The molecule has 0 heterocycles. The molecule has 0 fully saturated rings. The zero-order valence-corrected chi connectivity index (χ0v) is 10.7. The Labute approximate surface area is 109 Å². The molecular formula is C15H22N2O. The van der Waals surface area contributed by atoms with E-state index in [1.54, 1.807) is 6.08 Å². The Bertz CT molecular complexity index is 373. The van der Waals surface area contributed by atoms with Crippen LogP contribution in [-0.4, -0.2) is 18.4 Å². The summed E-state index contributed by atoms with van der Waals surface area (Å²) in [7, 11) is 0. The number of nitrogens with two attached hydrogens (primary N) is 2. The monoisotopic (exact) mass is 246 g/mol. The Morgan fingerprint density at radius 1 is 1.17 bits per heavy atom. The van der Waals surface area contributed by atoms with Gasteiger partial charge in [0, 0.05) is 0 Å². The molecular weight excluding hydrogens is 224 g/mol. The summed E-state index contributed by atoms with van der Waals surface area (Å²) in [6.07, 6.45) is 7.12. The molecule has 3 heteroatoms. The first-order chi connectivity index (χ1) is 8.74. The van der Waals surface area contributed by atoms with Gasteiger partial charge in [0.05, 0.1) is 6.04 Å². The minimum absolute atomic E-state index is 0.00778. The van der Waals surface area contributed by atoms with Crippen LogP contribution in [0.3, 0.4) is 0 Å². The van der Waals surface area contributed by atoms with E-state index in [1.807, 2.05) is 36.4 Å².